The van der Waals surface area contributed by atoms with Gasteiger partial charge in [-0.25, -0.2) is 0 Å². The molecule has 0 saturated carbocycles. The maximum atomic E-state index is 12.3. The van der Waals surface area contributed by atoms with Crippen LogP contribution in [0, 0.1) is 0 Å². The molecule has 0 radical (unpaired) electrons. The average molecular weight is 366 g/mol. The fraction of sp³-hybridized carbons (Fsp3) is 0.0714. The second-order valence-electron chi connectivity index (χ2n) is 4.03. The third-order valence-corrected chi connectivity index (χ3v) is 3.34. The Morgan fingerprint density at radius 2 is 1.73 bits per heavy atom. The highest BCUT2D eigenvalue weighted by Gasteiger charge is 2.08. The molecule has 0 aliphatic heterocycles. The van der Waals surface area contributed by atoms with Crippen molar-refractivity contribution in [1.82, 2.24) is 0 Å². The molecule has 0 saturated heterocycles. The molecule has 0 atom stereocenters. The van der Waals surface area contributed by atoms with Crippen LogP contribution < -0.4 is 10.2 Å². The van der Waals surface area contributed by atoms with Gasteiger partial charge in [-0.3, -0.25) is 5.43 Å². The van der Waals surface area contributed by atoms with Gasteiger partial charge in [0.15, 0.2) is 0 Å². The van der Waals surface area contributed by atoms with E-state index in [1.807, 2.05) is 0 Å². The Balaban J connectivity index is 2.17. The van der Waals surface area contributed by atoms with Gasteiger partial charge in [0, 0.05) is 10.6 Å². The molecule has 0 amide bonds. The highest BCUT2D eigenvalue weighted by atomic mass is 35.5. The van der Waals surface area contributed by atoms with E-state index in [-0.39, 0.29) is 15.8 Å². The Hall–Kier alpha value is -1.56. The summed E-state index contributed by atoms with van der Waals surface area (Å²) in [6.07, 6.45) is 1.32. The molecule has 0 aliphatic rings. The molecule has 0 spiro atoms. The Morgan fingerprint density at radius 3 is 2.36 bits per heavy atom. The van der Waals surface area contributed by atoms with E-state index in [0.717, 1.165) is 0 Å². The fourth-order valence-electron chi connectivity index (χ4n) is 1.61. The summed E-state index contributed by atoms with van der Waals surface area (Å²) in [5.74, 6) is 0.0105. The van der Waals surface area contributed by atoms with Crippen LogP contribution in [0.1, 0.15) is 5.56 Å². The maximum Gasteiger partial charge on any atom is 0.387 e. The van der Waals surface area contributed by atoms with Gasteiger partial charge < -0.3 is 4.74 Å². The number of rotatable bonds is 5. The van der Waals surface area contributed by atoms with E-state index in [4.69, 9.17) is 34.8 Å². The number of hydrogen-bond acceptors (Lipinski definition) is 3. The molecule has 1 N–H and O–H groups in total. The monoisotopic (exact) mass is 364 g/mol. The molecule has 8 heteroatoms. The van der Waals surface area contributed by atoms with E-state index in [0.29, 0.717) is 16.3 Å². The molecule has 2 aromatic rings. The molecule has 0 aromatic heterocycles. The summed E-state index contributed by atoms with van der Waals surface area (Å²) in [6.45, 7) is -2.91. The SMILES string of the molecule is FC(F)Oc1ccccc1C=NNc1c(Cl)cc(Cl)cc1Cl. The van der Waals surface area contributed by atoms with Crippen LogP contribution in [-0.4, -0.2) is 12.8 Å². The third-order valence-electron chi connectivity index (χ3n) is 2.52. The summed E-state index contributed by atoms with van der Waals surface area (Å²) in [5.41, 5.74) is 3.37. The zero-order valence-electron chi connectivity index (χ0n) is 10.9. The van der Waals surface area contributed by atoms with Crippen LogP contribution in [0.25, 0.3) is 0 Å². The lowest BCUT2D eigenvalue weighted by atomic mass is 10.2. The first-order valence-electron chi connectivity index (χ1n) is 5.95. The fourth-order valence-corrected chi connectivity index (χ4v) is 2.51. The van der Waals surface area contributed by atoms with Crippen molar-refractivity contribution < 1.29 is 13.5 Å². The van der Waals surface area contributed by atoms with E-state index in [1.165, 1.54) is 24.4 Å². The second kappa shape index (κ2) is 7.63. The average Bonchev–Trinajstić information content (AvgIpc) is 2.42. The first-order chi connectivity index (χ1) is 10.5. The predicted octanol–water partition coefficient (Wildman–Crippen LogP) is 5.69. The number of anilines is 1. The minimum Gasteiger partial charge on any atom is -0.434 e. The topological polar surface area (TPSA) is 33.6 Å². The minimum atomic E-state index is -2.91. The quantitative estimate of drug-likeness (QED) is 0.545. The first kappa shape index (κ1) is 16.8. The van der Waals surface area contributed by atoms with Crippen LogP contribution in [0.5, 0.6) is 5.75 Å². The lowest BCUT2D eigenvalue weighted by Gasteiger charge is -2.08. The molecule has 0 heterocycles. The van der Waals surface area contributed by atoms with Crippen LogP contribution in [0.15, 0.2) is 41.5 Å². The van der Waals surface area contributed by atoms with Gasteiger partial charge in [-0.1, -0.05) is 46.9 Å². The van der Waals surface area contributed by atoms with Crippen molar-refractivity contribution in [3.8, 4) is 5.75 Å². The number of hydrazone groups is 1. The van der Waals surface area contributed by atoms with Gasteiger partial charge in [0.05, 0.1) is 21.9 Å². The van der Waals surface area contributed by atoms with Crippen molar-refractivity contribution in [2.24, 2.45) is 5.10 Å². The van der Waals surface area contributed by atoms with Crippen LogP contribution in [0.2, 0.25) is 15.1 Å². The second-order valence-corrected chi connectivity index (χ2v) is 5.28. The molecule has 2 rings (SSSR count). The van der Waals surface area contributed by atoms with Crippen molar-refractivity contribution in [2.75, 3.05) is 5.43 Å². The Morgan fingerprint density at radius 1 is 1.09 bits per heavy atom. The molecular weight excluding hydrogens is 357 g/mol. The van der Waals surface area contributed by atoms with E-state index in [1.54, 1.807) is 18.2 Å². The van der Waals surface area contributed by atoms with E-state index in [2.05, 4.69) is 15.3 Å². The highest BCUT2D eigenvalue weighted by molar-refractivity contribution is 6.41. The van der Waals surface area contributed by atoms with Gasteiger partial charge in [0.2, 0.25) is 0 Å². The Kier molecular flexibility index (Phi) is 5.83. The summed E-state index contributed by atoms with van der Waals surface area (Å²) >= 11 is 17.8. The molecular formula is C14H9Cl3F2N2O. The van der Waals surface area contributed by atoms with Crippen LogP contribution in [0.3, 0.4) is 0 Å². The number of benzene rings is 2. The molecule has 0 bridgehead atoms. The molecule has 22 heavy (non-hydrogen) atoms. The van der Waals surface area contributed by atoms with Gasteiger partial charge in [0.25, 0.3) is 0 Å². The molecule has 2 aromatic carbocycles. The van der Waals surface area contributed by atoms with Crippen LogP contribution >= 0.6 is 34.8 Å². The van der Waals surface area contributed by atoms with Crippen LogP contribution in [-0.2, 0) is 0 Å². The number of ether oxygens (including phenoxy) is 1. The molecule has 0 unspecified atom stereocenters. The van der Waals surface area contributed by atoms with Gasteiger partial charge in [-0.05, 0) is 24.3 Å². The summed E-state index contributed by atoms with van der Waals surface area (Å²) < 4.78 is 29.0. The minimum absolute atomic E-state index is 0.0105. The molecule has 0 aliphatic carbocycles. The summed E-state index contributed by atoms with van der Waals surface area (Å²) in [4.78, 5) is 0. The standard InChI is InChI=1S/C14H9Cl3F2N2O/c15-9-5-10(16)13(11(17)6-9)21-20-7-8-3-1-2-4-12(8)22-14(18)19/h1-7,14,21H. The Bertz CT molecular complexity index is 673. The van der Waals surface area contributed by atoms with Gasteiger partial charge in [0.1, 0.15) is 5.75 Å². The van der Waals surface area contributed by atoms with Crippen molar-refractivity contribution in [1.29, 1.82) is 0 Å². The highest BCUT2D eigenvalue weighted by Crippen LogP contribution is 2.33. The van der Waals surface area contributed by atoms with Gasteiger partial charge in [-0.15, -0.1) is 0 Å². The van der Waals surface area contributed by atoms with E-state index < -0.39 is 6.61 Å². The first-order valence-corrected chi connectivity index (χ1v) is 7.08. The smallest absolute Gasteiger partial charge is 0.387 e. The number of para-hydroxylation sites is 1. The van der Waals surface area contributed by atoms with Crippen molar-refractivity contribution in [3.63, 3.8) is 0 Å². The van der Waals surface area contributed by atoms with Crippen molar-refractivity contribution in [3.05, 3.63) is 57.0 Å². The summed E-state index contributed by atoms with van der Waals surface area (Å²) in [5, 5.41) is 4.88. The maximum absolute atomic E-state index is 12.3. The van der Waals surface area contributed by atoms with E-state index in [9.17, 15) is 8.78 Å². The van der Waals surface area contributed by atoms with Gasteiger partial charge >= 0.3 is 6.61 Å². The third kappa shape index (κ3) is 4.47. The zero-order valence-corrected chi connectivity index (χ0v) is 13.1. The number of nitrogens with one attached hydrogen (secondary N) is 1. The number of hydrogen-bond donors (Lipinski definition) is 1. The molecule has 0 fully saturated rings. The number of halogens is 5. The van der Waals surface area contributed by atoms with Crippen molar-refractivity contribution >= 4 is 46.7 Å². The lowest BCUT2D eigenvalue weighted by Crippen LogP contribution is -2.04. The normalized spacial score (nSPS) is 11.2. The number of alkyl halides is 2. The van der Waals surface area contributed by atoms with Crippen molar-refractivity contribution in [2.45, 2.75) is 6.61 Å². The van der Waals surface area contributed by atoms with E-state index >= 15 is 0 Å². The molecule has 116 valence electrons. The summed E-state index contributed by atoms with van der Waals surface area (Å²) in [6, 6.07) is 9.24. The molecule has 3 nitrogen and oxygen atoms in total. The largest absolute Gasteiger partial charge is 0.434 e. The number of nitrogens with zero attached hydrogens (tertiary/aromatic N) is 1. The zero-order chi connectivity index (χ0) is 16.1. The predicted molar refractivity (Wildman–Crippen MR) is 85.8 cm³/mol. The Labute approximate surface area is 140 Å². The lowest BCUT2D eigenvalue weighted by molar-refractivity contribution is -0.0499. The van der Waals surface area contributed by atoms with Gasteiger partial charge in [-0.2, -0.15) is 13.9 Å². The van der Waals surface area contributed by atoms with Crippen LogP contribution in [0.4, 0.5) is 14.5 Å². The summed E-state index contributed by atoms with van der Waals surface area (Å²) in [7, 11) is 0.